The lowest BCUT2D eigenvalue weighted by atomic mass is 9.68. The normalized spacial score (nSPS) is 29.7. The van der Waals surface area contributed by atoms with Crippen LogP contribution >= 0.6 is 11.8 Å². The SMILES string of the molecule is NC1=NC2(CS1)c1cc(-c3cccnc3F)ccc1O[C@@H]1CCCCC12. The number of amidine groups is 1. The van der Waals surface area contributed by atoms with Gasteiger partial charge in [0, 0.05) is 29.0 Å². The topological polar surface area (TPSA) is 60.5 Å². The number of halogens is 1. The number of hydrogen-bond acceptors (Lipinski definition) is 5. The van der Waals surface area contributed by atoms with E-state index in [0.29, 0.717) is 16.6 Å². The maximum Gasteiger partial charge on any atom is 0.220 e. The van der Waals surface area contributed by atoms with Crippen LogP contribution in [0.15, 0.2) is 41.5 Å². The number of ether oxygens (including phenoxy) is 1. The van der Waals surface area contributed by atoms with E-state index in [4.69, 9.17) is 15.5 Å². The van der Waals surface area contributed by atoms with Crippen molar-refractivity contribution in [2.45, 2.75) is 37.3 Å². The largest absolute Gasteiger partial charge is 0.490 e. The molecular weight excluding hydrogens is 349 g/mol. The molecule has 6 heteroatoms. The van der Waals surface area contributed by atoms with E-state index in [1.165, 1.54) is 19.0 Å². The number of aromatic nitrogens is 1. The molecule has 0 radical (unpaired) electrons. The zero-order chi connectivity index (χ0) is 17.7. The number of rotatable bonds is 1. The zero-order valence-corrected chi connectivity index (χ0v) is 15.1. The third kappa shape index (κ3) is 2.35. The maximum absolute atomic E-state index is 14.2. The van der Waals surface area contributed by atoms with Crippen LogP contribution in [0.2, 0.25) is 0 Å². The number of hydrogen-bond donors (Lipinski definition) is 1. The summed E-state index contributed by atoms with van der Waals surface area (Å²) < 4.78 is 20.6. The first kappa shape index (κ1) is 16.1. The van der Waals surface area contributed by atoms with Gasteiger partial charge in [0.1, 0.15) is 17.4 Å². The van der Waals surface area contributed by atoms with Gasteiger partial charge in [-0.05, 0) is 49.1 Å². The lowest BCUT2D eigenvalue weighted by molar-refractivity contribution is 0.0268. The predicted molar refractivity (Wildman–Crippen MR) is 102 cm³/mol. The van der Waals surface area contributed by atoms with Crippen LogP contribution in [0.4, 0.5) is 4.39 Å². The average molecular weight is 369 g/mol. The van der Waals surface area contributed by atoms with Gasteiger partial charge in [0.05, 0.1) is 0 Å². The fraction of sp³-hybridized carbons (Fsp3) is 0.400. The van der Waals surface area contributed by atoms with Crippen molar-refractivity contribution in [3.63, 3.8) is 0 Å². The maximum atomic E-state index is 14.2. The molecule has 2 unspecified atom stereocenters. The minimum Gasteiger partial charge on any atom is -0.490 e. The summed E-state index contributed by atoms with van der Waals surface area (Å²) in [5.41, 5.74) is 8.07. The number of nitrogens with two attached hydrogens (primary N) is 1. The molecule has 5 rings (SSSR count). The Morgan fingerprint density at radius 1 is 1.23 bits per heavy atom. The van der Waals surface area contributed by atoms with Crippen LogP contribution in [0.25, 0.3) is 11.1 Å². The van der Waals surface area contributed by atoms with E-state index < -0.39 is 5.95 Å². The minimum atomic E-state index is -0.461. The Morgan fingerprint density at radius 3 is 2.92 bits per heavy atom. The Bertz CT molecular complexity index is 902. The van der Waals surface area contributed by atoms with Gasteiger partial charge in [-0.1, -0.05) is 24.2 Å². The number of nitrogens with zero attached hydrogens (tertiary/aromatic N) is 2. The molecule has 2 aliphatic heterocycles. The fourth-order valence-corrected chi connectivity index (χ4v) is 5.69. The molecule has 3 heterocycles. The Kier molecular flexibility index (Phi) is 3.71. The summed E-state index contributed by atoms with van der Waals surface area (Å²) in [5, 5.41) is 0.639. The highest BCUT2D eigenvalue weighted by atomic mass is 32.2. The van der Waals surface area contributed by atoms with Crippen LogP contribution in [0.3, 0.4) is 0 Å². The van der Waals surface area contributed by atoms with E-state index in [9.17, 15) is 4.39 Å². The summed E-state index contributed by atoms with van der Waals surface area (Å²) in [5.74, 6) is 1.55. The summed E-state index contributed by atoms with van der Waals surface area (Å²) in [4.78, 5) is 8.72. The first-order chi connectivity index (χ1) is 12.7. The molecule has 134 valence electrons. The van der Waals surface area contributed by atoms with E-state index in [1.807, 2.05) is 18.2 Å². The molecule has 1 spiro atoms. The van der Waals surface area contributed by atoms with Gasteiger partial charge >= 0.3 is 0 Å². The van der Waals surface area contributed by atoms with Crippen molar-refractivity contribution in [2.75, 3.05) is 5.75 Å². The number of fused-ring (bicyclic) bond motifs is 4. The van der Waals surface area contributed by atoms with E-state index in [0.717, 1.165) is 35.5 Å². The van der Waals surface area contributed by atoms with Crippen LogP contribution in [0.1, 0.15) is 31.2 Å². The Hall–Kier alpha value is -2.08. The first-order valence-electron chi connectivity index (χ1n) is 9.07. The molecule has 1 fully saturated rings. The van der Waals surface area contributed by atoms with Crippen molar-refractivity contribution in [3.05, 3.63) is 48.0 Å². The van der Waals surface area contributed by atoms with Gasteiger partial charge in [-0.2, -0.15) is 4.39 Å². The number of pyridine rings is 1. The quantitative estimate of drug-likeness (QED) is 0.769. The smallest absolute Gasteiger partial charge is 0.220 e. The van der Waals surface area contributed by atoms with Crippen LogP contribution in [0.5, 0.6) is 5.75 Å². The second kappa shape index (κ2) is 5.98. The summed E-state index contributed by atoms with van der Waals surface area (Å²) in [6.45, 7) is 0. The predicted octanol–water partition coefficient (Wildman–Crippen LogP) is 4.10. The lowest BCUT2D eigenvalue weighted by Crippen LogP contribution is -2.49. The third-order valence-electron chi connectivity index (χ3n) is 5.86. The molecule has 3 atom stereocenters. The van der Waals surface area contributed by atoms with Crippen LogP contribution in [-0.2, 0) is 5.54 Å². The first-order valence-corrected chi connectivity index (χ1v) is 10.1. The molecule has 1 saturated carbocycles. The van der Waals surface area contributed by atoms with Crippen LogP contribution in [-0.4, -0.2) is 22.0 Å². The summed E-state index contributed by atoms with van der Waals surface area (Å²) >= 11 is 1.61. The highest BCUT2D eigenvalue weighted by Crippen LogP contribution is 2.54. The molecule has 0 saturated heterocycles. The minimum absolute atomic E-state index is 0.187. The molecule has 0 amide bonds. The summed E-state index contributed by atoms with van der Waals surface area (Å²) in [6.07, 6.45) is 6.19. The Balaban J connectivity index is 1.69. The van der Waals surface area contributed by atoms with Crippen molar-refractivity contribution in [2.24, 2.45) is 16.6 Å². The molecule has 0 bridgehead atoms. The molecule has 26 heavy (non-hydrogen) atoms. The van der Waals surface area contributed by atoms with E-state index >= 15 is 0 Å². The fourth-order valence-electron chi connectivity index (χ4n) is 4.66. The second-order valence-electron chi connectivity index (χ2n) is 7.26. The van der Waals surface area contributed by atoms with E-state index in [2.05, 4.69) is 4.98 Å². The Morgan fingerprint density at radius 2 is 2.12 bits per heavy atom. The second-order valence-corrected chi connectivity index (χ2v) is 8.26. The monoisotopic (exact) mass is 369 g/mol. The summed E-state index contributed by atoms with van der Waals surface area (Å²) in [7, 11) is 0. The molecule has 1 aromatic carbocycles. The van der Waals surface area contributed by atoms with Crippen molar-refractivity contribution >= 4 is 16.9 Å². The van der Waals surface area contributed by atoms with Gasteiger partial charge in [-0.3, -0.25) is 0 Å². The summed E-state index contributed by atoms with van der Waals surface area (Å²) in [6, 6.07) is 9.40. The van der Waals surface area contributed by atoms with Crippen molar-refractivity contribution in [3.8, 4) is 16.9 Å². The van der Waals surface area contributed by atoms with Crippen molar-refractivity contribution in [1.82, 2.24) is 4.98 Å². The average Bonchev–Trinajstić information content (AvgIpc) is 3.05. The van der Waals surface area contributed by atoms with Gasteiger partial charge < -0.3 is 10.5 Å². The molecule has 1 aliphatic carbocycles. The number of aliphatic imine (C=N–C) groups is 1. The number of thioether (sulfide) groups is 1. The van der Waals surface area contributed by atoms with E-state index in [-0.39, 0.29) is 11.6 Å². The molecule has 2 N–H and O–H groups in total. The number of benzene rings is 1. The third-order valence-corrected chi connectivity index (χ3v) is 6.83. The van der Waals surface area contributed by atoms with Gasteiger partial charge in [0.15, 0.2) is 5.17 Å². The van der Waals surface area contributed by atoms with Crippen LogP contribution in [0, 0.1) is 11.9 Å². The zero-order valence-electron chi connectivity index (χ0n) is 14.3. The van der Waals surface area contributed by atoms with Crippen molar-refractivity contribution < 1.29 is 9.13 Å². The van der Waals surface area contributed by atoms with Gasteiger partial charge in [0.25, 0.3) is 0 Å². The molecule has 1 aromatic heterocycles. The van der Waals surface area contributed by atoms with E-state index in [1.54, 1.807) is 23.9 Å². The van der Waals surface area contributed by atoms with Gasteiger partial charge in [0.2, 0.25) is 5.95 Å². The van der Waals surface area contributed by atoms with Crippen LogP contribution < -0.4 is 10.5 Å². The van der Waals surface area contributed by atoms with Crippen molar-refractivity contribution in [1.29, 1.82) is 0 Å². The lowest BCUT2D eigenvalue weighted by Gasteiger charge is -2.47. The highest BCUT2D eigenvalue weighted by molar-refractivity contribution is 8.14. The Labute approximate surface area is 156 Å². The molecule has 4 nitrogen and oxygen atoms in total. The van der Waals surface area contributed by atoms with Gasteiger partial charge in [-0.25, -0.2) is 9.98 Å². The molecule has 3 aliphatic rings. The highest BCUT2D eigenvalue weighted by Gasteiger charge is 2.53. The molecule has 2 aromatic rings. The molecular formula is C20H20FN3OS. The van der Waals surface area contributed by atoms with Gasteiger partial charge in [-0.15, -0.1) is 0 Å². The standard InChI is InChI=1S/C20H20FN3OS/c21-18-13(4-3-9-23-18)12-7-8-17-15(10-12)20(11-26-19(22)24-20)14-5-1-2-6-16(14)25-17/h3-4,7-10,14,16H,1-2,5-6,11H2,(H2,22,24)/t14?,16-,20?/m1/s1.